The number of aromatic nitrogens is 4. The van der Waals surface area contributed by atoms with Crippen LogP contribution in [0.2, 0.25) is 10.0 Å². The molecule has 4 heterocycles. The molecule has 3 aromatic rings. The standard InChI is InChI=1S/C19H22Cl2N6OS/c1-12-6-13(25-29(2,3)28)10-26(9-12)19-22-5-4-16(24-19)17-8-23-18-7-14(20)15(21)11-27(17)18/h4-5,7-8,11-13H,6,9-10H2,1-3H3/t12-,13+/m1/s1. The van der Waals surface area contributed by atoms with Crippen molar-refractivity contribution in [3.63, 3.8) is 0 Å². The van der Waals surface area contributed by atoms with Crippen LogP contribution in [0.1, 0.15) is 13.3 Å². The minimum Gasteiger partial charge on any atom is -0.338 e. The minimum atomic E-state index is -2.16. The minimum absolute atomic E-state index is 0.00486. The number of anilines is 1. The van der Waals surface area contributed by atoms with Crippen LogP contribution in [-0.2, 0) is 9.73 Å². The summed E-state index contributed by atoms with van der Waals surface area (Å²) < 4.78 is 18.5. The molecule has 0 aliphatic carbocycles. The number of halogens is 2. The van der Waals surface area contributed by atoms with Crippen molar-refractivity contribution in [2.75, 3.05) is 30.5 Å². The Hall–Kier alpha value is -1.90. The van der Waals surface area contributed by atoms with Gasteiger partial charge in [0.2, 0.25) is 5.95 Å². The van der Waals surface area contributed by atoms with Crippen LogP contribution in [0.15, 0.2) is 35.1 Å². The topological polar surface area (TPSA) is 75.8 Å². The monoisotopic (exact) mass is 452 g/mol. The van der Waals surface area contributed by atoms with E-state index in [2.05, 4.69) is 26.2 Å². The lowest BCUT2D eigenvalue weighted by atomic mass is 9.97. The fourth-order valence-electron chi connectivity index (χ4n) is 3.73. The zero-order valence-electron chi connectivity index (χ0n) is 16.4. The van der Waals surface area contributed by atoms with E-state index in [1.165, 1.54) is 0 Å². The third kappa shape index (κ3) is 4.49. The van der Waals surface area contributed by atoms with Crippen molar-refractivity contribution in [2.45, 2.75) is 19.4 Å². The maximum atomic E-state index is 12.1. The Morgan fingerprint density at radius 3 is 2.76 bits per heavy atom. The fourth-order valence-corrected chi connectivity index (χ4v) is 4.89. The first kappa shape index (κ1) is 20.4. The number of pyridine rings is 1. The van der Waals surface area contributed by atoms with Gasteiger partial charge in [0.15, 0.2) is 0 Å². The van der Waals surface area contributed by atoms with Crippen LogP contribution in [0.3, 0.4) is 0 Å². The molecule has 3 aromatic heterocycles. The van der Waals surface area contributed by atoms with Gasteiger partial charge in [-0.3, -0.25) is 8.61 Å². The SMILES string of the molecule is C[C@@H]1C[C@H](N=S(C)(C)=O)CN(c2nccc(-c3cnc4cc(Cl)c(Cl)cn34)n2)C1. The van der Waals surface area contributed by atoms with Gasteiger partial charge < -0.3 is 4.90 Å². The van der Waals surface area contributed by atoms with E-state index in [1.807, 2.05) is 10.5 Å². The van der Waals surface area contributed by atoms with Crippen LogP contribution in [-0.4, -0.2) is 55.2 Å². The van der Waals surface area contributed by atoms with Gasteiger partial charge in [-0.05, 0) is 18.4 Å². The molecular weight excluding hydrogens is 431 g/mol. The van der Waals surface area contributed by atoms with E-state index in [-0.39, 0.29) is 6.04 Å². The molecule has 29 heavy (non-hydrogen) atoms. The van der Waals surface area contributed by atoms with E-state index >= 15 is 0 Å². The average molecular weight is 453 g/mol. The molecule has 1 saturated heterocycles. The second kappa shape index (κ2) is 7.74. The summed E-state index contributed by atoms with van der Waals surface area (Å²) in [5.74, 6) is 1.03. The van der Waals surface area contributed by atoms with Crippen molar-refractivity contribution in [2.24, 2.45) is 10.3 Å². The number of hydrogen-bond acceptors (Lipinski definition) is 6. The Morgan fingerprint density at radius 2 is 2.00 bits per heavy atom. The summed E-state index contributed by atoms with van der Waals surface area (Å²) in [4.78, 5) is 15.8. The summed E-state index contributed by atoms with van der Waals surface area (Å²) in [6.07, 6.45) is 9.49. The van der Waals surface area contributed by atoms with Crippen LogP contribution in [0, 0.1) is 5.92 Å². The van der Waals surface area contributed by atoms with Crippen LogP contribution in [0.4, 0.5) is 5.95 Å². The highest BCUT2D eigenvalue weighted by Gasteiger charge is 2.27. The van der Waals surface area contributed by atoms with Crippen LogP contribution < -0.4 is 4.90 Å². The molecule has 0 aromatic carbocycles. The Bertz CT molecular complexity index is 1180. The predicted molar refractivity (Wildman–Crippen MR) is 118 cm³/mol. The van der Waals surface area contributed by atoms with E-state index < -0.39 is 9.73 Å². The molecule has 154 valence electrons. The molecule has 1 aliphatic rings. The number of nitrogens with zero attached hydrogens (tertiary/aromatic N) is 6. The first-order chi connectivity index (χ1) is 13.7. The van der Waals surface area contributed by atoms with E-state index in [0.717, 1.165) is 24.4 Å². The largest absolute Gasteiger partial charge is 0.338 e. The lowest BCUT2D eigenvalue weighted by Crippen LogP contribution is -2.42. The number of hydrogen-bond donors (Lipinski definition) is 0. The third-order valence-corrected chi connectivity index (χ3v) is 6.30. The molecule has 0 N–H and O–H groups in total. The van der Waals surface area contributed by atoms with Gasteiger partial charge in [-0.1, -0.05) is 30.1 Å². The Labute approximate surface area is 180 Å². The summed E-state index contributed by atoms with van der Waals surface area (Å²) in [6.45, 7) is 3.65. The smallest absolute Gasteiger partial charge is 0.225 e. The molecule has 0 unspecified atom stereocenters. The van der Waals surface area contributed by atoms with Crippen LogP contribution in [0.25, 0.3) is 17.0 Å². The molecule has 4 rings (SSSR count). The quantitative estimate of drug-likeness (QED) is 0.599. The van der Waals surface area contributed by atoms with E-state index in [9.17, 15) is 4.21 Å². The number of rotatable bonds is 3. The molecule has 1 fully saturated rings. The Morgan fingerprint density at radius 1 is 1.21 bits per heavy atom. The molecule has 0 radical (unpaired) electrons. The zero-order chi connectivity index (χ0) is 20.8. The molecule has 10 heteroatoms. The molecule has 0 bridgehead atoms. The average Bonchev–Trinajstić information content (AvgIpc) is 3.03. The van der Waals surface area contributed by atoms with Crippen molar-refractivity contribution in [3.05, 3.63) is 40.8 Å². The van der Waals surface area contributed by atoms with Crippen molar-refractivity contribution >= 4 is 44.5 Å². The summed E-state index contributed by atoms with van der Waals surface area (Å²) in [5, 5.41) is 0.907. The van der Waals surface area contributed by atoms with Gasteiger partial charge in [-0.2, -0.15) is 0 Å². The van der Waals surface area contributed by atoms with Gasteiger partial charge in [0.1, 0.15) is 5.65 Å². The third-order valence-electron chi connectivity index (χ3n) is 4.78. The predicted octanol–water partition coefficient (Wildman–Crippen LogP) is 4.04. The fraction of sp³-hybridized carbons (Fsp3) is 0.421. The summed E-state index contributed by atoms with van der Waals surface area (Å²) in [7, 11) is -2.16. The lowest BCUT2D eigenvalue weighted by Gasteiger charge is -2.34. The van der Waals surface area contributed by atoms with Gasteiger partial charge in [0.05, 0.1) is 33.7 Å². The van der Waals surface area contributed by atoms with Crippen molar-refractivity contribution < 1.29 is 4.21 Å². The maximum absolute atomic E-state index is 12.1. The molecule has 2 atom stereocenters. The first-order valence-corrected chi connectivity index (χ1v) is 12.3. The maximum Gasteiger partial charge on any atom is 0.225 e. The second-order valence-electron chi connectivity index (χ2n) is 7.77. The van der Waals surface area contributed by atoms with E-state index in [1.54, 1.807) is 37.2 Å². The molecule has 0 spiro atoms. The van der Waals surface area contributed by atoms with Gasteiger partial charge in [0.25, 0.3) is 0 Å². The molecule has 1 aliphatic heterocycles. The zero-order valence-corrected chi connectivity index (χ0v) is 18.7. The van der Waals surface area contributed by atoms with Gasteiger partial charge in [0, 0.05) is 53.8 Å². The van der Waals surface area contributed by atoms with Crippen molar-refractivity contribution in [3.8, 4) is 11.4 Å². The van der Waals surface area contributed by atoms with Gasteiger partial charge in [-0.25, -0.2) is 19.3 Å². The normalized spacial score (nSPS) is 20.2. The summed E-state index contributed by atoms with van der Waals surface area (Å²) in [6, 6.07) is 3.57. The van der Waals surface area contributed by atoms with Crippen LogP contribution in [0.5, 0.6) is 0 Å². The van der Waals surface area contributed by atoms with Gasteiger partial charge >= 0.3 is 0 Å². The summed E-state index contributed by atoms with van der Waals surface area (Å²) in [5.41, 5.74) is 2.24. The molecular formula is C19H22Cl2N6OS. The number of piperidine rings is 1. The highest BCUT2D eigenvalue weighted by atomic mass is 35.5. The summed E-state index contributed by atoms with van der Waals surface area (Å²) >= 11 is 12.3. The first-order valence-electron chi connectivity index (χ1n) is 9.26. The molecule has 0 amide bonds. The van der Waals surface area contributed by atoms with Crippen molar-refractivity contribution in [1.82, 2.24) is 19.4 Å². The number of imidazole rings is 1. The Balaban J connectivity index is 1.69. The van der Waals surface area contributed by atoms with E-state index in [0.29, 0.717) is 34.1 Å². The highest BCUT2D eigenvalue weighted by Crippen LogP contribution is 2.28. The Kier molecular flexibility index (Phi) is 5.44. The van der Waals surface area contributed by atoms with Gasteiger partial charge in [-0.15, -0.1) is 0 Å². The molecule has 7 nitrogen and oxygen atoms in total. The van der Waals surface area contributed by atoms with Crippen LogP contribution >= 0.6 is 23.2 Å². The van der Waals surface area contributed by atoms with E-state index in [4.69, 9.17) is 28.2 Å². The number of fused-ring (bicyclic) bond motifs is 1. The molecule has 0 saturated carbocycles. The second-order valence-corrected chi connectivity index (χ2v) is 11.2. The lowest BCUT2D eigenvalue weighted by molar-refractivity contribution is 0.400. The highest BCUT2D eigenvalue weighted by molar-refractivity contribution is 7.92. The van der Waals surface area contributed by atoms with Crippen molar-refractivity contribution in [1.29, 1.82) is 0 Å².